The smallest absolute Gasteiger partial charge is 0.324 e. The predicted octanol–water partition coefficient (Wildman–Crippen LogP) is 8.92. The van der Waals surface area contributed by atoms with Crippen LogP contribution < -0.4 is 0 Å². The van der Waals surface area contributed by atoms with E-state index in [1.807, 2.05) is 0 Å². The highest BCUT2D eigenvalue weighted by Crippen LogP contribution is 2.62. The molecule has 6 heteroatoms. The van der Waals surface area contributed by atoms with Gasteiger partial charge in [-0.3, -0.25) is 4.57 Å². The molecule has 2 N–H and O–H groups in total. The Morgan fingerprint density at radius 2 is 0.833 bits per heavy atom. The Morgan fingerprint density at radius 3 is 1.07 bits per heavy atom. The Kier molecular flexibility index (Phi) is 15.0. The maximum absolute atomic E-state index is 12.7. The van der Waals surface area contributed by atoms with Gasteiger partial charge in [-0.05, 0) is 6.42 Å². The van der Waals surface area contributed by atoms with Crippen LogP contribution in [0.2, 0.25) is 39.3 Å². The summed E-state index contributed by atoms with van der Waals surface area (Å²) in [5.74, 6) is 0. The highest BCUT2D eigenvalue weighted by molar-refractivity contribution is 7.61. The van der Waals surface area contributed by atoms with Crippen LogP contribution in [0.3, 0.4) is 0 Å². The Labute approximate surface area is 191 Å². The van der Waals surface area contributed by atoms with E-state index >= 15 is 0 Å². The quantitative estimate of drug-likeness (QED) is 0.111. The standard InChI is InChI=1S/C24H55O3PSi2/c1-8-9-10-11-12-13-14-15-16-17-18-19-20-21-22-23-24(28(25,26)27,29(2,3)4)30(5,6)7/h8-23H2,1-7H3,(H2,25,26,27). The van der Waals surface area contributed by atoms with E-state index in [9.17, 15) is 14.4 Å². The van der Waals surface area contributed by atoms with Gasteiger partial charge in [-0.1, -0.05) is 143 Å². The first-order valence-corrected chi connectivity index (χ1v) is 21.5. The van der Waals surface area contributed by atoms with E-state index in [0.29, 0.717) is 0 Å². The van der Waals surface area contributed by atoms with Crippen molar-refractivity contribution in [1.82, 2.24) is 0 Å². The van der Waals surface area contributed by atoms with E-state index < -0.39 is 28.1 Å². The van der Waals surface area contributed by atoms with Crippen LogP contribution in [0.5, 0.6) is 0 Å². The average Bonchev–Trinajstić information content (AvgIpc) is 2.58. The van der Waals surface area contributed by atoms with E-state index in [-0.39, 0.29) is 0 Å². The molecule has 30 heavy (non-hydrogen) atoms. The fraction of sp³-hybridized carbons (Fsp3) is 1.00. The maximum Gasteiger partial charge on any atom is 0.326 e. The van der Waals surface area contributed by atoms with Crippen LogP contribution in [-0.4, -0.2) is 30.3 Å². The highest BCUT2D eigenvalue weighted by atomic mass is 31.2. The van der Waals surface area contributed by atoms with Gasteiger partial charge >= 0.3 is 7.60 Å². The van der Waals surface area contributed by atoms with Crippen LogP contribution in [0.1, 0.15) is 110 Å². The second-order valence-electron chi connectivity index (χ2n) is 11.6. The lowest BCUT2D eigenvalue weighted by atomic mass is 10.0. The summed E-state index contributed by atoms with van der Waals surface area (Å²) in [5, 5.41) is 0. The third-order valence-corrected chi connectivity index (χ3v) is 24.1. The van der Waals surface area contributed by atoms with Crippen molar-refractivity contribution >= 4 is 23.7 Å². The number of rotatable bonds is 19. The molecule has 0 aliphatic carbocycles. The van der Waals surface area contributed by atoms with Gasteiger partial charge in [0.2, 0.25) is 0 Å². The minimum absolute atomic E-state index is 0.705. The molecular weight excluding hydrogens is 423 g/mol. The Morgan fingerprint density at radius 1 is 0.567 bits per heavy atom. The minimum Gasteiger partial charge on any atom is -0.324 e. The molecule has 0 aromatic heterocycles. The Hall–Kier alpha value is 0.584. The molecule has 0 radical (unpaired) electrons. The van der Waals surface area contributed by atoms with Gasteiger partial charge in [0.1, 0.15) is 0 Å². The number of hydrogen-bond acceptors (Lipinski definition) is 1. The second-order valence-corrected chi connectivity index (χ2v) is 25.5. The molecule has 0 unspecified atom stereocenters. The summed E-state index contributed by atoms with van der Waals surface area (Å²) in [6, 6.07) is 0. The van der Waals surface area contributed by atoms with Gasteiger partial charge < -0.3 is 9.79 Å². The van der Waals surface area contributed by atoms with Crippen molar-refractivity contribution in [3.8, 4) is 0 Å². The van der Waals surface area contributed by atoms with Gasteiger partial charge in [0.05, 0.1) is 20.6 Å². The van der Waals surface area contributed by atoms with Crippen molar-refractivity contribution in [3.63, 3.8) is 0 Å². The van der Waals surface area contributed by atoms with Gasteiger partial charge in [-0.25, -0.2) is 0 Å². The zero-order chi connectivity index (χ0) is 23.3. The lowest BCUT2D eigenvalue weighted by Crippen LogP contribution is -2.65. The van der Waals surface area contributed by atoms with Gasteiger partial charge in [-0.15, -0.1) is 0 Å². The fourth-order valence-corrected chi connectivity index (χ4v) is 23.9. The van der Waals surface area contributed by atoms with Crippen LogP contribution in [0.4, 0.5) is 0 Å². The molecule has 3 nitrogen and oxygen atoms in total. The molecule has 0 rings (SSSR count). The molecule has 0 heterocycles. The zero-order valence-electron chi connectivity index (χ0n) is 21.6. The molecule has 0 spiro atoms. The van der Waals surface area contributed by atoms with Gasteiger partial charge in [0.25, 0.3) is 0 Å². The molecule has 0 aliphatic heterocycles. The largest absolute Gasteiger partial charge is 0.326 e. The molecule has 0 amide bonds. The summed E-state index contributed by atoms with van der Waals surface area (Å²) in [4.78, 5) is 20.8. The first-order chi connectivity index (χ1) is 13.8. The van der Waals surface area contributed by atoms with E-state index in [4.69, 9.17) is 0 Å². The van der Waals surface area contributed by atoms with Crippen molar-refractivity contribution in [3.05, 3.63) is 0 Å². The topological polar surface area (TPSA) is 57.5 Å². The van der Waals surface area contributed by atoms with Crippen molar-refractivity contribution in [2.24, 2.45) is 0 Å². The van der Waals surface area contributed by atoms with E-state index in [1.54, 1.807) is 0 Å². The van der Waals surface area contributed by atoms with Crippen LogP contribution in [0.15, 0.2) is 0 Å². The maximum atomic E-state index is 12.7. The lowest BCUT2D eigenvalue weighted by molar-refractivity contribution is 0.355. The van der Waals surface area contributed by atoms with Gasteiger partial charge in [0.15, 0.2) is 0 Å². The Bertz CT molecular complexity index is 464. The van der Waals surface area contributed by atoms with E-state index in [0.717, 1.165) is 19.3 Å². The lowest BCUT2D eigenvalue weighted by Gasteiger charge is -2.51. The van der Waals surface area contributed by atoms with Crippen molar-refractivity contribution in [1.29, 1.82) is 0 Å². The molecule has 0 aromatic rings. The first-order valence-electron chi connectivity index (χ1n) is 12.9. The van der Waals surface area contributed by atoms with Crippen molar-refractivity contribution in [2.75, 3.05) is 0 Å². The molecule has 182 valence electrons. The van der Waals surface area contributed by atoms with Crippen molar-refractivity contribution in [2.45, 2.75) is 153 Å². The first kappa shape index (κ1) is 30.6. The zero-order valence-corrected chi connectivity index (χ0v) is 24.5. The summed E-state index contributed by atoms with van der Waals surface area (Å²) in [6.07, 6.45) is 20.6. The molecule has 0 fully saturated rings. The SMILES string of the molecule is CCCCCCCCCCCCCCCCCC([Si](C)(C)C)([Si](C)(C)C)P(=O)(O)O. The van der Waals surface area contributed by atoms with E-state index in [2.05, 4.69) is 46.2 Å². The van der Waals surface area contributed by atoms with E-state index in [1.165, 1.54) is 83.5 Å². The van der Waals surface area contributed by atoms with Crippen LogP contribution in [0, 0.1) is 0 Å². The molecule has 0 aliphatic rings. The third kappa shape index (κ3) is 10.5. The summed E-state index contributed by atoms with van der Waals surface area (Å²) in [5.41, 5.74) is 0. The second kappa shape index (κ2) is 14.7. The van der Waals surface area contributed by atoms with Gasteiger partial charge in [-0.2, -0.15) is 0 Å². The molecule has 0 saturated heterocycles. The number of hydrogen-bond donors (Lipinski definition) is 2. The fourth-order valence-electron chi connectivity index (χ4n) is 5.65. The molecular formula is C24H55O3PSi2. The van der Waals surface area contributed by atoms with Crippen LogP contribution >= 0.6 is 7.60 Å². The Balaban J connectivity index is 4.04. The minimum atomic E-state index is -4.11. The summed E-state index contributed by atoms with van der Waals surface area (Å²) >= 11 is 0. The molecule has 0 bridgehead atoms. The normalized spacial score (nSPS) is 13.8. The monoisotopic (exact) mass is 478 g/mol. The van der Waals surface area contributed by atoms with Crippen molar-refractivity contribution < 1.29 is 14.4 Å². The van der Waals surface area contributed by atoms with Crippen LogP contribution in [0.25, 0.3) is 0 Å². The van der Waals surface area contributed by atoms with Gasteiger partial charge in [0, 0.05) is 0 Å². The predicted molar refractivity (Wildman–Crippen MR) is 141 cm³/mol. The average molecular weight is 479 g/mol. The summed E-state index contributed by atoms with van der Waals surface area (Å²) in [7, 11) is -8.15. The summed E-state index contributed by atoms with van der Waals surface area (Å²) < 4.78 is 12.0. The third-order valence-electron chi connectivity index (χ3n) is 7.12. The number of unbranched alkanes of at least 4 members (excludes halogenated alkanes) is 14. The molecule has 0 atom stereocenters. The molecule has 0 aromatic carbocycles. The van der Waals surface area contributed by atoms with Crippen LogP contribution in [-0.2, 0) is 4.57 Å². The molecule has 0 saturated carbocycles. The summed E-state index contributed by atoms with van der Waals surface area (Å²) in [6.45, 7) is 15.2. The highest BCUT2D eigenvalue weighted by Gasteiger charge is 2.62.